The first kappa shape index (κ1) is 17.8. The van der Waals surface area contributed by atoms with Crippen LogP contribution in [0.15, 0.2) is 24.3 Å². The van der Waals surface area contributed by atoms with Gasteiger partial charge in [0.25, 0.3) is 5.91 Å². The van der Waals surface area contributed by atoms with Crippen molar-refractivity contribution in [3.8, 4) is 0 Å². The fourth-order valence-corrected chi connectivity index (χ4v) is 2.58. The Bertz CT molecular complexity index is 781. The molecule has 1 heterocycles. The molecule has 1 aromatic heterocycles. The van der Waals surface area contributed by atoms with E-state index in [0.29, 0.717) is 11.9 Å². The van der Waals surface area contributed by atoms with Crippen molar-refractivity contribution in [1.29, 1.82) is 0 Å². The summed E-state index contributed by atoms with van der Waals surface area (Å²) in [6, 6.07) is 4.60. The first-order chi connectivity index (χ1) is 11.1. The predicted molar refractivity (Wildman–Crippen MR) is 81.8 cm³/mol. The molecular weight excluding hydrogens is 325 g/mol. The zero-order valence-corrected chi connectivity index (χ0v) is 13.2. The highest BCUT2D eigenvalue weighted by molar-refractivity contribution is 5.99. The molecule has 2 aromatic rings. The van der Waals surface area contributed by atoms with Crippen LogP contribution in [-0.4, -0.2) is 39.5 Å². The summed E-state index contributed by atoms with van der Waals surface area (Å²) in [6.07, 6.45) is -3.90. The van der Waals surface area contributed by atoms with Crippen LogP contribution in [0.4, 0.5) is 13.2 Å². The molecule has 0 atom stereocenters. The van der Waals surface area contributed by atoms with E-state index in [4.69, 9.17) is 5.11 Å². The summed E-state index contributed by atoms with van der Waals surface area (Å²) >= 11 is 0. The third-order valence-electron chi connectivity index (χ3n) is 3.70. The highest BCUT2D eigenvalue weighted by Gasteiger charge is 2.31. The molecule has 8 heteroatoms. The van der Waals surface area contributed by atoms with Gasteiger partial charge < -0.3 is 14.6 Å². The van der Waals surface area contributed by atoms with Gasteiger partial charge >= 0.3 is 12.1 Å². The van der Waals surface area contributed by atoms with E-state index in [9.17, 15) is 22.8 Å². The van der Waals surface area contributed by atoms with Crippen LogP contribution in [0.3, 0.4) is 0 Å². The molecule has 0 unspecified atom stereocenters. The van der Waals surface area contributed by atoms with E-state index in [1.54, 1.807) is 14.0 Å². The van der Waals surface area contributed by atoms with Gasteiger partial charge in [-0.25, -0.2) is 0 Å². The summed E-state index contributed by atoms with van der Waals surface area (Å²) in [5.41, 5.74) is -0.173. The summed E-state index contributed by atoms with van der Waals surface area (Å²) < 4.78 is 39.9. The van der Waals surface area contributed by atoms with Crippen LogP contribution in [0, 0.1) is 0 Å². The first-order valence-corrected chi connectivity index (χ1v) is 7.33. The van der Waals surface area contributed by atoms with Crippen molar-refractivity contribution in [2.45, 2.75) is 19.5 Å². The molecule has 0 spiro atoms. The second-order valence-corrected chi connectivity index (χ2v) is 5.48. The van der Waals surface area contributed by atoms with Gasteiger partial charge in [0, 0.05) is 24.5 Å². The van der Waals surface area contributed by atoms with E-state index in [2.05, 4.69) is 0 Å². The molecule has 1 amide bonds. The Kier molecular flexibility index (Phi) is 4.86. The molecule has 5 nitrogen and oxygen atoms in total. The molecule has 0 saturated carbocycles. The molecule has 1 aromatic carbocycles. The third kappa shape index (κ3) is 3.52. The summed E-state index contributed by atoms with van der Waals surface area (Å²) in [7, 11) is 1.56. The monoisotopic (exact) mass is 342 g/mol. The van der Waals surface area contributed by atoms with Crippen molar-refractivity contribution in [3.05, 3.63) is 35.5 Å². The average molecular weight is 342 g/mol. The van der Waals surface area contributed by atoms with Crippen molar-refractivity contribution >= 4 is 22.8 Å². The van der Waals surface area contributed by atoms with Gasteiger partial charge in [-0.05, 0) is 30.7 Å². The van der Waals surface area contributed by atoms with Gasteiger partial charge in [-0.15, -0.1) is 0 Å². The van der Waals surface area contributed by atoms with Crippen molar-refractivity contribution in [3.63, 3.8) is 0 Å². The summed E-state index contributed by atoms with van der Waals surface area (Å²) in [6.45, 7) is 1.60. The van der Waals surface area contributed by atoms with E-state index < -0.39 is 30.2 Å². The Morgan fingerprint density at radius 1 is 1.25 bits per heavy atom. The number of rotatable bonds is 5. The van der Waals surface area contributed by atoms with E-state index in [0.717, 1.165) is 12.1 Å². The summed E-state index contributed by atoms with van der Waals surface area (Å²) in [4.78, 5) is 24.6. The number of carbonyl (C=O) groups excluding carboxylic acids is 1. The SMILES string of the molecule is CCCN(CC(=O)O)C(=O)c1cc2cc(C(F)(F)F)ccc2n1C. The maximum atomic E-state index is 12.8. The lowest BCUT2D eigenvalue weighted by Gasteiger charge is -2.20. The zero-order valence-electron chi connectivity index (χ0n) is 13.2. The molecule has 0 radical (unpaired) electrons. The minimum atomic E-state index is -4.47. The Balaban J connectivity index is 2.46. The van der Waals surface area contributed by atoms with Gasteiger partial charge in [-0.2, -0.15) is 13.2 Å². The molecule has 130 valence electrons. The Labute approximate surface area is 136 Å². The fourth-order valence-electron chi connectivity index (χ4n) is 2.58. The molecule has 24 heavy (non-hydrogen) atoms. The maximum Gasteiger partial charge on any atom is 0.416 e. The number of hydrogen-bond donors (Lipinski definition) is 1. The first-order valence-electron chi connectivity index (χ1n) is 7.33. The number of alkyl halides is 3. The molecule has 0 aliphatic rings. The van der Waals surface area contributed by atoms with Crippen LogP contribution in [0.1, 0.15) is 29.4 Å². The molecule has 1 N–H and O–H groups in total. The summed E-state index contributed by atoms with van der Waals surface area (Å²) in [5, 5.41) is 9.20. The second-order valence-electron chi connectivity index (χ2n) is 5.48. The third-order valence-corrected chi connectivity index (χ3v) is 3.70. The Hall–Kier alpha value is -2.51. The highest BCUT2D eigenvalue weighted by atomic mass is 19.4. The molecule has 0 fully saturated rings. The zero-order chi connectivity index (χ0) is 18.1. The number of amides is 1. The van der Waals surface area contributed by atoms with Crippen LogP contribution in [0.2, 0.25) is 0 Å². The number of carboxylic acids is 1. The van der Waals surface area contributed by atoms with Crippen LogP contribution >= 0.6 is 0 Å². The highest BCUT2D eigenvalue weighted by Crippen LogP contribution is 2.32. The van der Waals surface area contributed by atoms with Gasteiger partial charge in [-0.1, -0.05) is 6.92 Å². The standard InChI is InChI=1S/C16H17F3N2O3/c1-3-6-21(9-14(22)23)15(24)13-8-10-7-11(16(17,18)19)4-5-12(10)20(13)2/h4-5,7-8H,3,6,9H2,1-2H3,(H,22,23). The van der Waals surface area contributed by atoms with Gasteiger partial charge in [-0.3, -0.25) is 9.59 Å². The number of aliphatic carboxylic acids is 1. The minimum Gasteiger partial charge on any atom is -0.480 e. The smallest absolute Gasteiger partial charge is 0.416 e. The Morgan fingerprint density at radius 2 is 1.92 bits per heavy atom. The van der Waals surface area contributed by atoms with E-state index in [1.807, 2.05) is 0 Å². The molecular formula is C16H17F3N2O3. The largest absolute Gasteiger partial charge is 0.480 e. The number of aryl methyl sites for hydroxylation is 1. The fraction of sp³-hybridized carbons (Fsp3) is 0.375. The van der Waals surface area contributed by atoms with Gasteiger partial charge in [0.15, 0.2) is 0 Å². The lowest BCUT2D eigenvalue weighted by Crippen LogP contribution is -2.37. The van der Waals surface area contributed by atoms with Crippen molar-refractivity contribution in [1.82, 2.24) is 9.47 Å². The van der Waals surface area contributed by atoms with Crippen molar-refractivity contribution < 1.29 is 27.9 Å². The van der Waals surface area contributed by atoms with Crippen LogP contribution < -0.4 is 0 Å². The molecule has 0 aliphatic carbocycles. The normalized spacial score (nSPS) is 11.7. The summed E-state index contributed by atoms with van der Waals surface area (Å²) in [5.74, 6) is -1.67. The number of fused-ring (bicyclic) bond motifs is 1. The van der Waals surface area contributed by atoms with Crippen molar-refractivity contribution in [2.75, 3.05) is 13.1 Å². The minimum absolute atomic E-state index is 0.152. The average Bonchev–Trinajstić information content (AvgIpc) is 2.81. The molecule has 2 rings (SSSR count). The number of halogens is 3. The second kappa shape index (κ2) is 6.54. The van der Waals surface area contributed by atoms with E-state index in [1.165, 1.54) is 21.6 Å². The number of carbonyl (C=O) groups is 2. The lowest BCUT2D eigenvalue weighted by atomic mass is 10.1. The molecule has 0 bridgehead atoms. The number of nitrogens with zero attached hydrogens (tertiary/aromatic N) is 2. The number of carboxylic acid groups (broad SMARTS) is 1. The quantitative estimate of drug-likeness (QED) is 0.908. The number of benzene rings is 1. The van der Waals surface area contributed by atoms with Crippen LogP contribution in [0.5, 0.6) is 0 Å². The van der Waals surface area contributed by atoms with Crippen LogP contribution in [0.25, 0.3) is 10.9 Å². The van der Waals surface area contributed by atoms with Gasteiger partial charge in [0.2, 0.25) is 0 Å². The van der Waals surface area contributed by atoms with Crippen LogP contribution in [-0.2, 0) is 18.0 Å². The topological polar surface area (TPSA) is 62.5 Å². The molecule has 0 aliphatic heterocycles. The predicted octanol–water partition coefficient (Wildman–Crippen LogP) is 3.13. The lowest BCUT2D eigenvalue weighted by molar-refractivity contribution is -0.138. The van der Waals surface area contributed by atoms with Gasteiger partial charge in [0.1, 0.15) is 12.2 Å². The number of aromatic nitrogens is 1. The number of hydrogen-bond acceptors (Lipinski definition) is 2. The molecule has 0 saturated heterocycles. The van der Waals surface area contributed by atoms with E-state index in [-0.39, 0.29) is 17.6 Å². The maximum absolute atomic E-state index is 12.8. The van der Waals surface area contributed by atoms with E-state index >= 15 is 0 Å². The van der Waals surface area contributed by atoms with Gasteiger partial charge in [0.05, 0.1) is 5.56 Å². The van der Waals surface area contributed by atoms with Crippen molar-refractivity contribution in [2.24, 2.45) is 7.05 Å². The Morgan fingerprint density at radius 3 is 2.46 bits per heavy atom.